The quantitative estimate of drug-likeness (QED) is 0.187. The number of nitro groups is 1. The van der Waals surface area contributed by atoms with Crippen LogP contribution in [0.5, 0.6) is 0 Å². The first-order valence-corrected chi connectivity index (χ1v) is 12.1. The summed E-state index contributed by atoms with van der Waals surface area (Å²) < 4.78 is 1.91. The molecular formula is C25H22ClN5O3S. The molecule has 4 rings (SSSR count). The third kappa shape index (κ3) is 5.87. The summed E-state index contributed by atoms with van der Waals surface area (Å²) in [6, 6.07) is 20.2. The van der Waals surface area contributed by atoms with E-state index in [-0.39, 0.29) is 22.8 Å². The molecule has 0 atom stereocenters. The molecule has 0 aliphatic carbocycles. The van der Waals surface area contributed by atoms with Gasteiger partial charge < -0.3 is 5.32 Å². The standard InChI is InChI=1S/C25H22ClN5O3S/c1-16-6-9-20(10-7-16)30-23(28-29-25(30)35-15-18-5-3-4-17(2)12-18)14-27-24(32)19-8-11-21(26)22(13-19)31(33)34/h3-13H,14-15H2,1-2H3,(H,27,32). The van der Waals surface area contributed by atoms with Crippen LogP contribution in [-0.2, 0) is 12.3 Å². The number of benzene rings is 3. The van der Waals surface area contributed by atoms with E-state index in [1.807, 2.05) is 41.8 Å². The number of carbonyl (C=O) groups is 1. The van der Waals surface area contributed by atoms with Gasteiger partial charge in [-0.3, -0.25) is 19.5 Å². The fraction of sp³-hybridized carbons (Fsp3) is 0.160. The number of carbonyl (C=O) groups excluding carboxylic acids is 1. The van der Waals surface area contributed by atoms with Gasteiger partial charge in [0.25, 0.3) is 11.6 Å². The number of aromatic nitrogens is 3. The lowest BCUT2D eigenvalue weighted by atomic mass is 10.2. The van der Waals surface area contributed by atoms with Crippen LogP contribution in [0.1, 0.15) is 32.9 Å². The van der Waals surface area contributed by atoms with Crippen molar-refractivity contribution in [3.8, 4) is 5.69 Å². The SMILES string of the molecule is Cc1ccc(-n2c(CNC(=O)c3ccc(Cl)c([N+](=O)[O-])c3)nnc2SCc2cccc(C)c2)cc1. The topological polar surface area (TPSA) is 103 Å². The summed E-state index contributed by atoms with van der Waals surface area (Å²) in [5.41, 5.74) is 4.17. The summed E-state index contributed by atoms with van der Waals surface area (Å²) in [7, 11) is 0. The Morgan fingerprint density at radius 2 is 1.83 bits per heavy atom. The van der Waals surface area contributed by atoms with E-state index in [2.05, 4.69) is 40.6 Å². The molecule has 0 bridgehead atoms. The molecular weight excluding hydrogens is 486 g/mol. The van der Waals surface area contributed by atoms with Gasteiger partial charge in [-0.2, -0.15) is 0 Å². The van der Waals surface area contributed by atoms with Crippen LogP contribution in [0.4, 0.5) is 5.69 Å². The second-order valence-corrected chi connectivity index (χ2v) is 9.30. The van der Waals surface area contributed by atoms with Crippen molar-refractivity contribution >= 4 is 35.0 Å². The van der Waals surface area contributed by atoms with Gasteiger partial charge in [-0.25, -0.2) is 0 Å². The van der Waals surface area contributed by atoms with Crippen molar-refractivity contribution in [2.75, 3.05) is 0 Å². The van der Waals surface area contributed by atoms with Crippen molar-refractivity contribution in [3.05, 3.63) is 110 Å². The highest BCUT2D eigenvalue weighted by atomic mass is 35.5. The zero-order valence-corrected chi connectivity index (χ0v) is 20.6. The molecule has 0 unspecified atom stereocenters. The normalized spacial score (nSPS) is 10.8. The van der Waals surface area contributed by atoms with Crippen LogP contribution in [0.15, 0.2) is 71.9 Å². The summed E-state index contributed by atoms with van der Waals surface area (Å²) in [5.74, 6) is 0.779. The Hall–Kier alpha value is -3.69. The number of rotatable bonds is 8. The average Bonchev–Trinajstić information content (AvgIpc) is 3.24. The van der Waals surface area contributed by atoms with Gasteiger partial charge in [0, 0.05) is 23.1 Å². The maximum atomic E-state index is 12.7. The van der Waals surface area contributed by atoms with Gasteiger partial charge >= 0.3 is 0 Å². The summed E-state index contributed by atoms with van der Waals surface area (Å²) in [6.07, 6.45) is 0. The fourth-order valence-electron chi connectivity index (χ4n) is 3.47. The van der Waals surface area contributed by atoms with Crippen molar-refractivity contribution < 1.29 is 9.72 Å². The lowest BCUT2D eigenvalue weighted by Gasteiger charge is -2.12. The monoisotopic (exact) mass is 507 g/mol. The molecule has 1 heterocycles. The van der Waals surface area contributed by atoms with E-state index in [9.17, 15) is 14.9 Å². The van der Waals surface area contributed by atoms with Crippen LogP contribution >= 0.6 is 23.4 Å². The Balaban J connectivity index is 1.57. The van der Waals surface area contributed by atoms with Crippen LogP contribution in [0.25, 0.3) is 5.69 Å². The van der Waals surface area contributed by atoms with Gasteiger partial charge in [-0.15, -0.1) is 10.2 Å². The third-order valence-corrected chi connectivity index (χ3v) is 6.57. The smallest absolute Gasteiger partial charge is 0.288 e. The number of amides is 1. The lowest BCUT2D eigenvalue weighted by molar-refractivity contribution is -0.384. The van der Waals surface area contributed by atoms with E-state index >= 15 is 0 Å². The van der Waals surface area contributed by atoms with Crippen molar-refractivity contribution in [1.82, 2.24) is 20.1 Å². The Morgan fingerprint density at radius 1 is 1.06 bits per heavy atom. The van der Waals surface area contributed by atoms with Crippen LogP contribution in [0, 0.1) is 24.0 Å². The molecule has 0 saturated heterocycles. The van der Waals surface area contributed by atoms with E-state index < -0.39 is 10.8 Å². The molecule has 0 radical (unpaired) electrons. The molecule has 0 fully saturated rings. The van der Waals surface area contributed by atoms with Gasteiger partial charge in [-0.05, 0) is 43.7 Å². The molecule has 3 aromatic carbocycles. The first kappa shape index (κ1) is 24.4. The first-order chi connectivity index (χ1) is 16.8. The average molecular weight is 508 g/mol. The molecule has 1 aromatic heterocycles. The summed E-state index contributed by atoms with van der Waals surface area (Å²) in [4.78, 5) is 23.2. The van der Waals surface area contributed by atoms with Crippen LogP contribution in [0.3, 0.4) is 0 Å². The molecule has 0 saturated carbocycles. The predicted molar refractivity (Wildman–Crippen MR) is 136 cm³/mol. The Morgan fingerprint density at radius 3 is 2.54 bits per heavy atom. The van der Waals surface area contributed by atoms with Crippen molar-refractivity contribution in [2.45, 2.75) is 31.3 Å². The number of thioether (sulfide) groups is 1. The summed E-state index contributed by atoms with van der Waals surface area (Å²) in [6.45, 7) is 4.15. The van der Waals surface area contributed by atoms with Crippen LogP contribution in [-0.4, -0.2) is 25.6 Å². The molecule has 1 amide bonds. The minimum atomic E-state index is -0.620. The molecule has 8 nitrogen and oxygen atoms in total. The van der Waals surface area contributed by atoms with Crippen molar-refractivity contribution in [2.24, 2.45) is 0 Å². The zero-order valence-electron chi connectivity index (χ0n) is 19.1. The molecule has 178 valence electrons. The number of aryl methyl sites for hydroxylation is 2. The molecule has 0 aliphatic heterocycles. The Bertz CT molecular complexity index is 1390. The minimum absolute atomic E-state index is 0.0269. The maximum Gasteiger partial charge on any atom is 0.288 e. The van der Waals surface area contributed by atoms with E-state index in [1.165, 1.54) is 23.3 Å². The highest BCUT2D eigenvalue weighted by Gasteiger charge is 2.19. The first-order valence-electron chi connectivity index (χ1n) is 10.7. The number of nitrogens with one attached hydrogen (secondary N) is 1. The summed E-state index contributed by atoms with van der Waals surface area (Å²) >= 11 is 7.41. The molecule has 0 spiro atoms. The van der Waals surface area contributed by atoms with Gasteiger partial charge in [0.2, 0.25) is 0 Å². The molecule has 35 heavy (non-hydrogen) atoms. The number of hydrogen-bond acceptors (Lipinski definition) is 6. The van der Waals surface area contributed by atoms with E-state index in [1.54, 1.807) is 11.8 Å². The number of nitrogens with zero attached hydrogens (tertiary/aromatic N) is 4. The molecule has 0 aliphatic rings. The maximum absolute atomic E-state index is 12.7. The van der Waals surface area contributed by atoms with Gasteiger partial charge in [0.05, 0.1) is 11.5 Å². The van der Waals surface area contributed by atoms with Gasteiger partial charge in [0.1, 0.15) is 5.02 Å². The zero-order chi connectivity index (χ0) is 24.9. The second-order valence-electron chi connectivity index (χ2n) is 7.95. The molecule has 1 N–H and O–H groups in total. The molecule has 10 heteroatoms. The summed E-state index contributed by atoms with van der Waals surface area (Å²) in [5, 5.41) is 23.3. The van der Waals surface area contributed by atoms with Crippen LogP contribution in [0.2, 0.25) is 5.02 Å². The van der Waals surface area contributed by atoms with Gasteiger partial charge in [-0.1, -0.05) is 70.9 Å². The minimum Gasteiger partial charge on any atom is -0.345 e. The van der Waals surface area contributed by atoms with Crippen molar-refractivity contribution in [1.29, 1.82) is 0 Å². The predicted octanol–water partition coefficient (Wildman–Crippen LogP) is 5.67. The van der Waals surface area contributed by atoms with E-state index in [0.717, 1.165) is 17.3 Å². The highest BCUT2D eigenvalue weighted by molar-refractivity contribution is 7.98. The number of nitro benzene ring substituents is 1. The van der Waals surface area contributed by atoms with E-state index in [4.69, 9.17) is 11.6 Å². The Labute approximate surface area is 211 Å². The van der Waals surface area contributed by atoms with E-state index in [0.29, 0.717) is 16.7 Å². The van der Waals surface area contributed by atoms with Gasteiger partial charge in [0.15, 0.2) is 11.0 Å². The third-order valence-electron chi connectivity index (χ3n) is 5.26. The largest absolute Gasteiger partial charge is 0.345 e. The Kier molecular flexibility index (Phi) is 7.48. The molecule has 4 aromatic rings. The number of hydrogen-bond donors (Lipinski definition) is 1. The second kappa shape index (κ2) is 10.7. The highest BCUT2D eigenvalue weighted by Crippen LogP contribution is 2.27. The fourth-order valence-corrected chi connectivity index (χ4v) is 4.57. The lowest BCUT2D eigenvalue weighted by Crippen LogP contribution is -2.24. The van der Waals surface area contributed by atoms with Crippen LogP contribution < -0.4 is 5.32 Å². The number of halogens is 1. The van der Waals surface area contributed by atoms with Crippen molar-refractivity contribution in [3.63, 3.8) is 0 Å².